The predicted molar refractivity (Wildman–Crippen MR) is 106 cm³/mol. The van der Waals surface area contributed by atoms with E-state index in [1.54, 1.807) is 11.8 Å². The first kappa shape index (κ1) is 19.1. The molecule has 4 nitrogen and oxygen atoms in total. The van der Waals surface area contributed by atoms with Gasteiger partial charge >= 0.3 is 0 Å². The van der Waals surface area contributed by atoms with Gasteiger partial charge in [0.1, 0.15) is 0 Å². The van der Waals surface area contributed by atoms with Gasteiger partial charge in [0.15, 0.2) is 5.11 Å². The van der Waals surface area contributed by atoms with E-state index in [4.69, 9.17) is 12.2 Å². The molecule has 0 heterocycles. The molecular weight excluding hydrogens is 338 g/mol. The second kappa shape index (κ2) is 9.28. The number of thioether (sulfide) groups is 1. The van der Waals surface area contributed by atoms with Crippen molar-refractivity contribution >= 4 is 35.0 Å². The SMILES string of the molecule is CSCc1cccc(C(=O)NNC(=S)N[C@H]2CCC[C@@H](C)[C@H]2C)c1. The largest absolute Gasteiger partial charge is 0.358 e. The van der Waals surface area contributed by atoms with Crippen LogP contribution in [0, 0.1) is 11.8 Å². The van der Waals surface area contributed by atoms with Crippen molar-refractivity contribution in [3.8, 4) is 0 Å². The fourth-order valence-corrected chi connectivity index (χ4v) is 3.86. The highest BCUT2D eigenvalue weighted by Crippen LogP contribution is 2.29. The topological polar surface area (TPSA) is 53.2 Å². The molecule has 0 radical (unpaired) electrons. The van der Waals surface area contributed by atoms with Crippen molar-refractivity contribution in [1.82, 2.24) is 16.2 Å². The second-order valence-electron chi connectivity index (χ2n) is 6.56. The minimum Gasteiger partial charge on any atom is -0.358 e. The van der Waals surface area contributed by atoms with Crippen LogP contribution in [0.3, 0.4) is 0 Å². The second-order valence-corrected chi connectivity index (χ2v) is 7.83. The Balaban J connectivity index is 1.82. The van der Waals surface area contributed by atoms with Crippen LogP contribution >= 0.6 is 24.0 Å². The normalized spacial score (nSPS) is 23.4. The minimum atomic E-state index is -0.174. The average Bonchev–Trinajstić information content (AvgIpc) is 2.57. The number of amides is 1. The molecule has 1 aromatic rings. The molecule has 6 heteroatoms. The van der Waals surface area contributed by atoms with E-state index in [1.165, 1.54) is 12.8 Å². The summed E-state index contributed by atoms with van der Waals surface area (Å²) >= 11 is 7.06. The van der Waals surface area contributed by atoms with Crippen LogP contribution in [-0.2, 0) is 5.75 Å². The molecule has 132 valence electrons. The molecule has 3 atom stereocenters. The molecule has 0 spiro atoms. The number of hydrogen-bond acceptors (Lipinski definition) is 3. The molecule has 1 amide bonds. The summed E-state index contributed by atoms with van der Waals surface area (Å²) in [6.07, 6.45) is 5.67. The van der Waals surface area contributed by atoms with E-state index in [-0.39, 0.29) is 5.91 Å². The molecule has 0 aromatic heterocycles. The van der Waals surface area contributed by atoms with Crippen molar-refractivity contribution < 1.29 is 4.79 Å². The molecule has 0 unspecified atom stereocenters. The zero-order valence-electron chi connectivity index (χ0n) is 14.6. The standard InChI is InChI=1S/C18H27N3OS2/c1-12-6-4-9-16(13(12)2)19-18(23)21-20-17(22)15-8-5-7-14(10-15)11-24-3/h5,7-8,10,12-13,16H,4,6,9,11H2,1-3H3,(H,20,22)(H2,19,21,23)/t12-,13-,16+/m1/s1. The third-order valence-electron chi connectivity index (χ3n) is 4.81. The first-order valence-corrected chi connectivity index (χ1v) is 10.3. The number of thiocarbonyl (C=S) groups is 1. The number of hydrazine groups is 1. The van der Waals surface area contributed by atoms with Crippen LogP contribution in [0.25, 0.3) is 0 Å². The highest BCUT2D eigenvalue weighted by molar-refractivity contribution is 7.97. The Bertz CT molecular complexity index is 579. The number of hydrogen-bond donors (Lipinski definition) is 3. The lowest BCUT2D eigenvalue weighted by Crippen LogP contribution is -2.52. The maximum Gasteiger partial charge on any atom is 0.269 e. The van der Waals surface area contributed by atoms with E-state index < -0.39 is 0 Å². The van der Waals surface area contributed by atoms with Crippen LogP contribution in [0.5, 0.6) is 0 Å². The molecule has 0 aliphatic heterocycles. The molecule has 1 aliphatic carbocycles. The molecule has 1 fully saturated rings. The molecule has 24 heavy (non-hydrogen) atoms. The van der Waals surface area contributed by atoms with E-state index in [0.717, 1.165) is 17.7 Å². The lowest BCUT2D eigenvalue weighted by molar-refractivity contribution is 0.0943. The smallest absolute Gasteiger partial charge is 0.269 e. The van der Waals surface area contributed by atoms with Gasteiger partial charge in [-0.2, -0.15) is 11.8 Å². The first-order valence-electron chi connectivity index (χ1n) is 8.46. The quantitative estimate of drug-likeness (QED) is 0.563. The van der Waals surface area contributed by atoms with Crippen molar-refractivity contribution in [2.75, 3.05) is 6.26 Å². The number of carbonyl (C=O) groups is 1. The molecule has 2 rings (SSSR count). The van der Waals surface area contributed by atoms with Gasteiger partial charge in [0.2, 0.25) is 0 Å². The summed E-state index contributed by atoms with van der Waals surface area (Å²) < 4.78 is 0. The Labute approximate surface area is 154 Å². The van der Waals surface area contributed by atoms with Crippen LogP contribution in [0.1, 0.15) is 49.0 Å². The van der Waals surface area contributed by atoms with E-state index in [0.29, 0.717) is 28.6 Å². The average molecular weight is 366 g/mol. The van der Waals surface area contributed by atoms with Gasteiger partial charge < -0.3 is 5.32 Å². The highest BCUT2D eigenvalue weighted by Gasteiger charge is 2.27. The van der Waals surface area contributed by atoms with Gasteiger partial charge in [-0.25, -0.2) is 0 Å². The van der Waals surface area contributed by atoms with Crippen LogP contribution < -0.4 is 16.2 Å². The Morgan fingerprint density at radius 2 is 2.08 bits per heavy atom. The van der Waals surface area contributed by atoms with Crippen molar-refractivity contribution in [2.45, 2.75) is 44.9 Å². The van der Waals surface area contributed by atoms with Crippen LogP contribution in [-0.4, -0.2) is 23.3 Å². The lowest BCUT2D eigenvalue weighted by atomic mass is 9.78. The molecule has 0 bridgehead atoms. The summed E-state index contributed by atoms with van der Waals surface area (Å²) in [5.41, 5.74) is 7.29. The maximum absolute atomic E-state index is 12.2. The highest BCUT2D eigenvalue weighted by atomic mass is 32.2. The molecular formula is C18H27N3OS2. The Morgan fingerprint density at radius 3 is 2.83 bits per heavy atom. The van der Waals surface area contributed by atoms with Gasteiger partial charge in [-0.15, -0.1) is 0 Å². The molecule has 3 N–H and O–H groups in total. The zero-order valence-corrected chi connectivity index (χ0v) is 16.2. The minimum absolute atomic E-state index is 0.174. The van der Waals surface area contributed by atoms with Gasteiger partial charge in [0.25, 0.3) is 5.91 Å². The monoisotopic (exact) mass is 365 g/mol. The molecule has 1 saturated carbocycles. The van der Waals surface area contributed by atoms with Crippen molar-refractivity contribution in [3.63, 3.8) is 0 Å². The fourth-order valence-electron chi connectivity index (χ4n) is 3.14. The number of rotatable bonds is 4. The lowest BCUT2D eigenvalue weighted by Gasteiger charge is -2.35. The van der Waals surface area contributed by atoms with Gasteiger partial charge in [0.05, 0.1) is 0 Å². The summed E-state index contributed by atoms with van der Waals surface area (Å²) in [5.74, 6) is 2.00. The fraction of sp³-hybridized carbons (Fsp3) is 0.556. The zero-order chi connectivity index (χ0) is 17.5. The van der Waals surface area contributed by atoms with E-state index >= 15 is 0 Å². The van der Waals surface area contributed by atoms with Gasteiger partial charge in [-0.3, -0.25) is 15.6 Å². The number of benzene rings is 1. The number of nitrogens with one attached hydrogen (secondary N) is 3. The van der Waals surface area contributed by atoms with Gasteiger partial charge in [0, 0.05) is 17.4 Å². The summed E-state index contributed by atoms with van der Waals surface area (Å²) in [7, 11) is 0. The molecule has 1 aromatic carbocycles. The Kier molecular flexibility index (Phi) is 7.37. The molecule has 0 saturated heterocycles. The Hall–Kier alpha value is -1.27. The van der Waals surface area contributed by atoms with Gasteiger partial charge in [-0.1, -0.05) is 38.8 Å². The van der Waals surface area contributed by atoms with Crippen molar-refractivity contribution in [3.05, 3.63) is 35.4 Å². The summed E-state index contributed by atoms with van der Waals surface area (Å²) in [4.78, 5) is 12.2. The van der Waals surface area contributed by atoms with E-state index in [1.807, 2.05) is 30.5 Å². The summed E-state index contributed by atoms with van der Waals surface area (Å²) in [5, 5.41) is 3.82. The molecule has 1 aliphatic rings. The van der Waals surface area contributed by atoms with Crippen molar-refractivity contribution in [2.24, 2.45) is 11.8 Å². The van der Waals surface area contributed by atoms with E-state index in [9.17, 15) is 4.79 Å². The third-order valence-corrected chi connectivity index (χ3v) is 5.65. The summed E-state index contributed by atoms with van der Waals surface area (Å²) in [6, 6.07) is 8.02. The van der Waals surface area contributed by atoms with E-state index in [2.05, 4.69) is 30.0 Å². The number of carbonyl (C=O) groups excluding carboxylic acids is 1. The summed E-state index contributed by atoms with van der Waals surface area (Å²) in [6.45, 7) is 4.55. The third kappa shape index (κ3) is 5.38. The van der Waals surface area contributed by atoms with Crippen molar-refractivity contribution in [1.29, 1.82) is 0 Å². The van der Waals surface area contributed by atoms with Crippen LogP contribution in [0.2, 0.25) is 0 Å². The van der Waals surface area contributed by atoms with Crippen LogP contribution in [0.4, 0.5) is 0 Å². The predicted octanol–water partition coefficient (Wildman–Crippen LogP) is 3.48. The van der Waals surface area contributed by atoms with Crippen LogP contribution in [0.15, 0.2) is 24.3 Å². The first-order chi connectivity index (χ1) is 11.5. The maximum atomic E-state index is 12.2. The van der Waals surface area contributed by atoms with Gasteiger partial charge in [-0.05, 0) is 54.4 Å². The Morgan fingerprint density at radius 1 is 1.29 bits per heavy atom.